The summed E-state index contributed by atoms with van der Waals surface area (Å²) in [6.45, 7) is 3.29. The zero-order chi connectivity index (χ0) is 24.1. The van der Waals surface area contributed by atoms with E-state index in [1.165, 1.54) is 39.0 Å². The van der Waals surface area contributed by atoms with Crippen molar-refractivity contribution in [1.29, 1.82) is 0 Å². The van der Waals surface area contributed by atoms with Crippen molar-refractivity contribution in [2.45, 2.75) is 37.2 Å². The number of nitro groups is 1. The lowest BCUT2D eigenvalue weighted by Crippen LogP contribution is -2.67. The summed E-state index contributed by atoms with van der Waals surface area (Å²) < 4.78 is 41.7. The van der Waals surface area contributed by atoms with Crippen LogP contribution < -0.4 is 0 Å². The van der Waals surface area contributed by atoms with E-state index >= 15 is 0 Å². The molecule has 0 aliphatic carbocycles. The number of rotatable bonds is 9. The third kappa shape index (κ3) is 4.02. The van der Waals surface area contributed by atoms with Crippen molar-refractivity contribution in [2.24, 2.45) is 0 Å². The number of hydrogen-bond donors (Lipinski definition) is 0. The number of carbonyl (C=O) groups is 3. The normalized spacial score (nSPS) is 17.3. The van der Waals surface area contributed by atoms with E-state index in [4.69, 9.17) is 14.2 Å². The monoisotopic (exact) mass is 470 g/mol. The molecule has 2 rings (SSSR count). The van der Waals surface area contributed by atoms with Gasteiger partial charge in [-0.1, -0.05) is 18.2 Å². The zero-order valence-corrected chi connectivity index (χ0v) is 18.4. The SMILES string of the molecule is CCOC(=O)C1=CN(S(=O)(=O)c2ccccc2)C(C(=O)OCC)(C(=O)OCC)C1[N+](=O)[O-]. The van der Waals surface area contributed by atoms with Gasteiger partial charge in [0.2, 0.25) is 0 Å². The Balaban J connectivity index is 2.92. The van der Waals surface area contributed by atoms with Crippen LogP contribution in [0.5, 0.6) is 0 Å². The van der Waals surface area contributed by atoms with Crippen molar-refractivity contribution in [3.05, 3.63) is 52.2 Å². The minimum Gasteiger partial charge on any atom is -0.464 e. The second-order valence-electron chi connectivity index (χ2n) is 6.31. The summed E-state index contributed by atoms with van der Waals surface area (Å²) in [6.07, 6.45) is 0.557. The Morgan fingerprint density at radius 1 is 1.00 bits per heavy atom. The number of benzene rings is 1. The van der Waals surface area contributed by atoms with Gasteiger partial charge in [-0.3, -0.25) is 10.1 Å². The van der Waals surface area contributed by atoms with Crippen LogP contribution in [0.15, 0.2) is 47.0 Å². The molecule has 1 aliphatic heterocycles. The number of hydrogen-bond acceptors (Lipinski definition) is 10. The molecule has 1 heterocycles. The predicted molar refractivity (Wildman–Crippen MR) is 107 cm³/mol. The molecule has 0 radical (unpaired) electrons. The van der Waals surface area contributed by atoms with E-state index < -0.39 is 50.0 Å². The predicted octanol–water partition coefficient (Wildman–Crippen LogP) is 0.648. The van der Waals surface area contributed by atoms with Crippen LogP contribution in [-0.2, 0) is 38.6 Å². The summed E-state index contributed by atoms with van der Waals surface area (Å²) in [6, 6.07) is 4.12. The molecule has 0 amide bonds. The van der Waals surface area contributed by atoms with Crippen molar-refractivity contribution in [1.82, 2.24) is 4.31 Å². The Hall–Kier alpha value is -3.48. The summed E-state index contributed by atoms with van der Waals surface area (Å²) in [7, 11) is -4.78. The van der Waals surface area contributed by atoms with Crippen LogP contribution in [0, 0.1) is 10.1 Å². The first-order chi connectivity index (χ1) is 15.1. The smallest absolute Gasteiger partial charge is 0.352 e. The minimum absolute atomic E-state index is 0.172. The Morgan fingerprint density at radius 2 is 1.50 bits per heavy atom. The number of esters is 3. The molecule has 1 unspecified atom stereocenters. The van der Waals surface area contributed by atoms with Gasteiger partial charge in [0.15, 0.2) is 0 Å². The standard InChI is InChI=1S/C19H22N2O10S/c1-4-29-16(22)14-12-20(32(27,28)13-10-8-7-9-11-13)19(15(14)21(25)26,17(23)30-5-2)18(24)31-6-3/h7-12,15H,4-6H2,1-3H3. The lowest BCUT2D eigenvalue weighted by Gasteiger charge is -2.34. The van der Waals surface area contributed by atoms with Crippen molar-refractivity contribution in [2.75, 3.05) is 19.8 Å². The summed E-state index contributed by atoms with van der Waals surface area (Å²) in [5.41, 5.74) is -3.98. The van der Waals surface area contributed by atoms with Crippen LogP contribution >= 0.6 is 0 Å². The first kappa shape index (κ1) is 24.8. The fourth-order valence-corrected chi connectivity index (χ4v) is 4.83. The number of nitrogens with zero attached hydrogens (tertiary/aromatic N) is 2. The first-order valence-corrected chi connectivity index (χ1v) is 11.0. The molecule has 0 spiro atoms. The van der Waals surface area contributed by atoms with Gasteiger partial charge in [-0.05, 0) is 32.9 Å². The molecule has 12 nitrogen and oxygen atoms in total. The molecule has 0 saturated carbocycles. The Morgan fingerprint density at radius 3 is 1.94 bits per heavy atom. The average molecular weight is 470 g/mol. The third-order valence-corrected chi connectivity index (χ3v) is 6.27. The Kier molecular flexibility index (Phi) is 7.56. The maximum Gasteiger partial charge on any atom is 0.352 e. The van der Waals surface area contributed by atoms with Gasteiger partial charge in [0.05, 0.1) is 24.7 Å². The largest absolute Gasteiger partial charge is 0.464 e. The van der Waals surface area contributed by atoms with Crippen molar-refractivity contribution >= 4 is 27.9 Å². The van der Waals surface area contributed by atoms with Crippen molar-refractivity contribution in [3.8, 4) is 0 Å². The second kappa shape index (κ2) is 9.77. The highest BCUT2D eigenvalue weighted by molar-refractivity contribution is 7.89. The lowest BCUT2D eigenvalue weighted by atomic mass is 9.88. The van der Waals surface area contributed by atoms with Crippen LogP contribution in [-0.4, -0.2) is 67.0 Å². The first-order valence-electron chi connectivity index (χ1n) is 9.56. The van der Waals surface area contributed by atoms with Gasteiger partial charge in [0.25, 0.3) is 16.1 Å². The summed E-state index contributed by atoms with van der Waals surface area (Å²) in [5.74, 6) is -4.39. The fourth-order valence-electron chi connectivity index (χ4n) is 3.22. The highest BCUT2D eigenvalue weighted by Crippen LogP contribution is 2.41. The minimum atomic E-state index is -4.78. The van der Waals surface area contributed by atoms with Crippen LogP contribution in [0.1, 0.15) is 20.8 Å². The van der Waals surface area contributed by atoms with Gasteiger partial charge in [0.1, 0.15) is 5.57 Å². The molecule has 0 N–H and O–H groups in total. The average Bonchev–Trinajstić information content (AvgIpc) is 3.13. The number of sulfonamides is 1. The summed E-state index contributed by atoms with van der Waals surface area (Å²) in [4.78, 5) is 49.3. The molecule has 0 aromatic heterocycles. The van der Waals surface area contributed by atoms with E-state index in [0.29, 0.717) is 6.20 Å². The van der Waals surface area contributed by atoms with Gasteiger partial charge in [-0.25, -0.2) is 27.1 Å². The molecular weight excluding hydrogens is 448 g/mol. The van der Waals surface area contributed by atoms with E-state index in [1.54, 1.807) is 0 Å². The van der Waals surface area contributed by atoms with E-state index in [9.17, 15) is 32.9 Å². The molecule has 1 aliphatic rings. The van der Waals surface area contributed by atoms with Gasteiger partial charge in [-0.15, -0.1) is 0 Å². The van der Waals surface area contributed by atoms with E-state index in [0.717, 1.165) is 12.1 Å². The van der Waals surface area contributed by atoms with Crippen LogP contribution in [0.2, 0.25) is 0 Å². The molecule has 1 atom stereocenters. The topological polar surface area (TPSA) is 159 Å². The lowest BCUT2D eigenvalue weighted by molar-refractivity contribution is -0.518. The summed E-state index contributed by atoms with van der Waals surface area (Å²) in [5, 5.41) is 12.1. The van der Waals surface area contributed by atoms with Crippen molar-refractivity contribution < 1.29 is 41.9 Å². The molecule has 32 heavy (non-hydrogen) atoms. The third-order valence-electron chi connectivity index (χ3n) is 4.49. The molecule has 0 bridgehead atoms. The highest BCUT2D eigenvalue weighted by atomic mass is 32.2. The molecule has 1 aromatic carbocycles. The van der Waals surface area contributed by atoms with Gasteiger partial charge >= 0.3 is 23.4 Å². The van der Waals surface area contributed by atoms with E-state index in [1.807, 2.05) is 0 Å². The molecule has 1 aromatic rings. The highest BCUT2D eigenvalue weighted by Gasteiger charge is 2.74. The van der Waals surface area contributed by atoms with E-state index in [-0.39, 0.29) is 29.0 Å². The molecule has 13 heteroatoms. The van der Waals surface area contributed by atoms with Crippen LogP contribution in [0.4, 0.5) is 0 Å². The number of carbonyl (C=O) groups excluding carboxylic acids is 3. The second-order valence-corrected chi connectivity index (χ2v) is 8.13. The Labute approximate surface area is 183 Å². The maximum absolute atomic E-state index is 13.5. The molecular formula is C19H22N2O10S. The molecule has 174 valence electrons. The van der Waals surface area contributed by atoms with Crippen LogP contribution in [0.3, 0.4) is 0 Å². The summed E-state index contributed by atoms with van der Waals surface area (Å²) >= 11 is 0. The Bertz CT molecular complexity index is 1020. The zero-order valence-electron chi connectivity index (χ0n) is 17.5. The van der Waals surface area contributed by atoms with Crippen LogP contribution in [0.25, 0.3) is 0 Å². The maximum atomic E-state index is 13.5. The fraction of sp³-hybridized carbons (Fsp3) is 0.421. The molecule has 0 fully saturated rings. The quantitative estimate of drug-likeness (QED) is 0.165. The van der Waals surface area contributed by atoms with Crippen molar-refractivity contribution in [3.63, 3.8) is 0 Å². The van der Waals surface area contributed by atoms with Gasteiger partial charge < -0.3 is 14.2 Å². The number of ether oxygens (including phenoxy) is 3. The molecule has 0 saturated heterocycles. The van der Waals surface area contributed by atoms with Gasteiger partial charge in [-0.2, -0.15) is 0 Å². The van der Waals surface area contributed by atoms with E-state index in [2.05, 4.69) is 0 Å². The van der Waals surface area contributed by atoms with Gasteiger partial charge in [0, 0.05) is 11.1 Å².